The fourth-order valence-corrected chi connectivity index (χ4v) is 3.86. The fourth-order valence-electron chi connectivity index (χ4n) is 3.68. The molecule has 0 radical (unpaired) electrons. The summed E-state index contributed by atoms with van der Waals surface area (Å²) in [5, 5.41) is 13.0. The van der Waals surface area contributed by atoms with Crippen molar-refractivity contribution in [2.24, 2.45) is 0 Å². The van der Waals surface area contributed by atoms with E-state index in [0.717, 1.165) is 24.2 Å². The van der Waals surface area contributed by atoms with Crippen molar-refractivity contribution in [3.8, 4) is 16.9 Å². The summed E-state index contributed by atoms with van der Waals surface area (Å²) < 4.78 is 1.58. The van der Waals surface area contributed by atoms with E-state index in [1.165, 1.54) is 0 Å². The van der Waals surface area contributed by atoms with E-state index in [-0.39, 0.29) is 11.5 Å². The first-order chi connectivity index (χ1) is 15.1. The Hall–Kier alpha value is -3.49. The summed E-state index contributed by atoms with van der Waals surface area (Å²) in [5.41, 5.74) is 2.66. The summed E-state index contributed by atoms with van der Waals surface area (Å²) in [4.78, 5) is 29.8. The molecule has 5 rings (SSSR count). The Morgan fingerprint density at radius 3 is 2.58 bits per heavy atom. The summed E-state index contributed by atoms with van der Waals surface area (Å²) in [5.74, 6) is 0.0233. The number of aromatic amines is 1. The molecule has 0 aliphatic carbocycles. The molecule has 1 saturated heterocycles. The molecular formula is C22H19ClN6O2. The lowest BCUT2D eigenvalue weighted by Crippen LogP contribution is -2.46. The van der Waals surface area contributed by atoms with Gasteiger partial charge in [0.25, 0.3) is 11.5 Å². The molecule has 9 heteroatoms. The van der Waals surface area contributed by atoms with Gasteiger partial charge in [0, 0.05) is 42.3 Å². The number of fused-ring (bicyclic) bond motifs is 1. The molecule has 0 bridgehead atoms. The molecule has 0 atom stereocenters. The lowest BCUT2D eigenvalue weighted by Gasteiger charge is -2.27. The number of benzene rings is 2. The molecule has 2 N–H and O–H groups in total. The number of pyridine rings is 1. The van der Waals surface area contributed by atoms with Gasteiger partial charge < -0.3 is 15.2 Å². The van der Waals surface area contributed by atoms with Gasteiger partial charge in [0.2, 0.25) is 0 Å². The van der Waals surface area contributed by atoms with Crippen LogP contribution < -0.4 is 10.9 Å². The Morgan fingerprint density at radius 1 is 1.03 bits per heavy atom. The smallest absolute Gasteiger partial charge is 0.258 e. The number of hydrogen-bond donors (Lipinski definition) is 2. The average molecular weight is 435 g/mol. The molecule has 0 unspecified atom stereocenters. The monoisotopic (exact) mass is 434 g/mol. The van der Waals surface area contributed by atoms with Crippen LogP contribution in [0.15, 0.2) is 59.5 Å². The van der Waals surface area contributed by atoms with E-state index in [1.807, 2.05) is 23.1 Å². The zero-order chi connectivity index (χ0) is 21.4. The third kappa shape index (κ3) is 3.83. The standard InChI is InChI=1S/C22H19ClN6O2/c23-16-4-1-15-11-18(21(30)25-19(15)12-16)20-13-29(27-26-20)17-5-2-14(3-6-17)22(31)28-9-7-24-8-10-28/h1-6,11-13,24H,7-10H2,(H,25,30). The molecule has 0 saturated carbocycles. The third-order valence-electron chi connectivity index (χ3n) is 5.36. The van der Waals surface area contributed by atoms with Gasteiger partial charge in [-0.1, -0.05) is 22.9 Å². The summed E-state index contributed by atoms with van der Waals surface area (Å²) in [6.07, 6.45) is 1.69. The van der Waals surface area contributed by atoms with Crippen LogP contribution >= 0.6 is 11.6 Å². The Balaban J connectivity index is 1.41. The molecule has 1 fully saturated rings. The molecule has 1 amide bonds. The minimum absolute atomic E-state index is 0.0233. The van der Waals surface area contributed by atoms with Crippen molar-refractivity contribution in [3.05, 3.63) is 75.7 Å². The number of hydrogen-bond acceptors (Lipinski definition) is 5. The van der Waals surface area contributed by atoms with Crippen LogP contribution in [0.3, 0.4) is 0 Å². The molecule has 4 aromatic rings. The van der Waals surface area contributed by atoms with E-state index in [9.17, 15) is 9.59 Å². The van der Waals surface area contributed by atoms with Crippen molar-refractivity contribution in [3.63, 3.8) is 0 Å². The van der Waals surface area contributed by atoms with Gasteiger partial charge in [0.05, 0.1) is 17.4 Å². The lowest BCUT2D eigenvalue weighted by atomic mass is 10.1. The number of piperazine rings is 1. The normalized spacial score (nSPS) is 14.2. The average Bonchev–Trinajstić information content (AvgIpc) is 3.29. The molecular weight excluding hydrogens is 416 g/mol. The largest absolute Gasteiger partial charge is 0.336 e. The van der Waals surface area contributed by atoms with E-state index in [0.29, 0.717) is 40.4 Å². The first-order valence-electron chi connectivity index (χ1n) is 9.94. The SMILES string of the molecule is O=C(c1ccc(-n2cc(-c3cc4ccc(Cl)cc4[nH]c3=O)nn2)cc1)N1CCNCC1. The predicted molar refractivity (Wildman–Crippen MR) is 119 cm³/mol. The van der Waals surface area contributed by atoms with E-state index in [1.54, 1.807) is 41.2 Å². The molecule has 1 aliphatic rings. The number of amides is 1. The number of carbonyl (C=O) groups excluding carboxylic acids is 1. The molecule has 3 heterocycles. The highest BCUT2D eigenvalue weighted by Gasteiger charge is 2.18. The second-order valence-electron chi connectivity index (χ2n) is 7.38. The fraction of sp³-hybridized carbons (Fsp3) is 0.182. The molecule has 0 spiro atoms. The van der Waals surface area contributed by atoms with Gasteiger partial charge in [0.15, 0.2) is 0 Å². The van der Waals surface area contributed by atoms with Crippen molar-refractivity contribution < 1.29 is 4.79 Å². The number of rotatable bonds is 3. The number of nitrogens with zero attached hydrogens (tertiary/aromatic N) is 4. The van der Waals surface area contributed by atoms with Crippen molar-refractivity contribution in [2.45, 2.75) is 0 Å². The quantitative estimate of drug-likeness (QED) is 0.516. The molecule has 2 aromatic heterocycles. The van der Waals surface area contributed by atoms with Gasteiger partial charge >= 0.3 is 0 Å². The Labute approximate surface area is 182 Å². The van der Waals surface area contributed by atoms with Crippen LogP contribution in [0.25, 0.3) is 27.8 Å². The second-order valence-corrected chi connectivity index (χ2v) is 7.82. The molecule has 1 aliphatic heterocycles. The number of H-pyrrole nitrogens is 1. The van der Waals surface area contributed by atoms with E-state index in [2.05, 4.69) is 20.6 Å². The van der Waals surface area contributed by atoms with Crippen LogP contribution in [0.4, 0.5) is 0 Å². The summed E-state index contributed by atoms with van der Waals surface area (Å²) in [7, 11) is 0. The van der Waals surface area contributed by atoms with Gasteiger partial charge in [0.1, 0.15) is 5.69 Å². The maximum absolute atomic E-state index is 12.6. The first kappa shape index (κ1) is 19.5. The van der Waals surface area contributed by atoms with Crippen LogP contribution in [0.2, 0.25) is 5.02 Å². The minimum Gasteiger partial charge on any atom is -0.336 e. The molecule has 156 valence electrons. The number of aromatic nitrogens is 4. The van der Waals surface area contributed by atoms with Gasteiger partial charge in [-0.15, -0.1) is 5.10 Å². The Morgan fingerprint density at radius 2 is 1.81 bits per heavy atom. The number of carbonyl (C=O) groups is 1. The summed E-state index contributed by atoms with van der Waals surface area (Å²) in [6, 6.07) is 14.3. The third-order valence-corrected chi connectivity index (χ3v) is 5.60. The molecule has 2 aromatic carbocycles. The van der Waals surface area contributed by atoms with E-state index in [4.69, 9.17) is 11.6 Å². The van der Waals surface area contributed by atoms with E-state index >= 15 is 0 Å². The van der Waals surface area contributed by atoms with Crippen molar-refractivity contribution in [1.82, 2.24) is 30.2 Å². The molecule has 31 heavy (non-hydrogen) atoms. The van der Waals surface area contributed by atoms with Gasteiger partial charge in [-0.3, -0.25) is 9.59 Å². The predicted octanol–water partition coefficient (Wildman–Crippen LogP) is 2.47. The maximum Gasteiger partial charge on any atom is 0.258 e. The topological polar surface area (TPSA) is 95.9 Å². The summed E-state index contributed by atoms with van der Waals surface area (Å²) >= 11 is 6.00. The minimum atomic E-state index is -0.265. The van der Waals surface area contributed by atoms with Crippen molar-refractivity contribution in [1.29, 1.82) is 0 Å². The van der Waals surface area contributed by atoms with Crippen LogP contribution in [0.1, 0.15) is 10.4 Å². The van der Waals surface area contributed by atoms with Crippen molar-refractivity contribution in [2.75, 3.05) is 26.2 Å². The first-order valence-corrected chi connectivity index (χ1v) is 10.3. The van der Waals surface area contributed by atoms with E-state index < -0.39 is 0 Å². The van der Waals surface area contributed by atoms with Gasteiger partial charge in [-0.05, 0) is 47.9 Å². The number of halogens is 1. The zero-order valence-corrected chi connectivity index (χ0v) is 17.3. The van der Waals surface area contributed by atoms with Crippen LogP contribution in [0.5, 0.6) is 0 Å². The highest BCUT2D eigenvalue weighted by Crippen LogP contribution is 2.21. The lowest BCUT2D eigenvalue weighted by molar-refractivity contribution is 0.0736. The summed E-state index contributed by atoms with van der Waals surface area (Å²) in [6.45, 7) is 3.04. The Kier molecular flexibility index (Phi) is 5.01. The highest BCUT2D eigenvalue weighted by molar-refractivity contribution is 6.31. The van der Waals surface area contributed by atoms with Gasteiger partial charge in [-0.2, -0.15) is 0 Å². The highest BCUT2D eigenvalue weighted by atomic mass is 35.5. The number of nitrogens with one attached hydrogen (secondary N) is 2. The van der Waals surface area contributed by atoms with Crippen LogP contribution in [0, 0.1) is 0 Å². The van der Waals surface area contributed by atoms with Crippen LogP contribution in [-0.4, -0.2) is 57.0 Å². The second kappa shape index (κ2) is 7.98. The van der Waals surface area contributed by atoms with Gasteiger partial charge in [-0.25, -0.2) is 4.68 Å². The zero-order valence-electron chi connectivity index (χ0n) is 16.5. The Bertz CT molecular complexity index is 1320. The van der Waals surface area contributed by atoms with Crippen LogP contribution in [-0.2, 0) is 0 Å². The maximum atomic E-state index is 12.6. The molecule has 8 nitrogen and oxygen atoms in total. The van der Waals surface area contributed by atoms with Crippen molar-refractivity contribution >= 4 is 28.4 Å².